The lowest BCUT2D eigenvalue weighted by Gasteiger charge is -2.22. The average Bonchev–Trinajstić information content (AvgIpc) is 2.84. The van der Waals surface area contributed by atoms with Crippen LogP contribution < -0.4 is 0 Å². The second kappa shape index (κ2) is 24.6. The second-order valence-electron chi connectivity index (χ2n) is 10.5. The van der Waals surface area contributed by atoms with E-state index in [2.05, 4.69) is 11.8 Å². The molecule has 5 nitrogen and oxygen atoms in total. The third kappa shape index (κ3) is 21.9. The monoisotopic (exact) mass is 495 g/mol. The zero-order valence-corrected chi connectivity index (χ0v) is 23.2. The van der Waals surface area contributed by atoms with Gasteiger partial charge in [-0.15, -0.1) is 0 Å². The van der Waals surface area contributed by atoms with E-state index in [1.165, 1.54) is 89.9 Å². The molecule has 1 aliphatic rings. The van der Waals surface area contributed by atoms with Crippen molar-refractivity contribution in [2.24, 2.45) is 0 Å². The Morgan fingerprint density at radius 2 is 0.914 bits per heavy atom. The number of rotatable bonds is 16. The summed E-state index contributed by atoms with van der Waals surface area (Å²) >= 11 is 0. The maximum absolute atomic E-state index is 11.9. The number of unbranched alkanes of at least 4 members (excludes halogenated alkanes) is 14. The molecular formula is C30H57NO4. The van der Waals surface area contributed by atoms with Crippen molar-refractivity contribution in [1.29, 1.82) is 0 Å². The molecule has 1 heterocycles. The summed E-state index contributed by atoms with van der Waals surface area (Å²) in [7, 11) is 0. The number of cyclic esters (lactones) is 2. The molecule has 0 bridgehead atoms. The van der Waals surface area contributed by atoms with Gasteiger partial charge in [0.05, 0.1) is 0 Å². The van der Waals surface area contributed by atoms with Gasteiger partial charge >= 0.3 is 11.9 Å². The first kappa shape index (κ1) is 31.9. The molecule has 1 saturated heterocycles. The van der Waals surface area contributed by atoms with E-state index in [4.69, 9.17) is 9.47 Å². The standard InChI is InChI=1S/C30H57NO4/c1-2-3-4-5-6-7-8-9-10-11-12-13-14-18-21-24-31-25-27-34-29(32)22-19-16-15-17-20-23-30(33)35-28-26-31/h2-28H2,1H3. The molecule has 206 valence electrons. The summed E-state index contributed by atoms with van der Waals surface area (Å²) in [6, 6.07) is 0. The van der Waals surface area contributed by atoms with Crippen LogP contribution in [0.15, 0.2) is 0 Å². The van der Waals surface area contributed by atoms with Gasteiger partial charge in [0.1, 0.15) is 13.2 Å². The molecular weight excluding hydrogens is 438 g/mol. The minimum Gasteiger partial charge on any atom is -0.464 e. The van der Waals surface area contributed by atoms with Crippen LogP contribution in [0.4, 0.5) is 0 Å². The first-order valence-electron chi connectivity index (χ1n) is 15.3. The SMILES string of the molecule is CCCCCCCCCCCCCCCCCN1CCOC(=O)CCCCCCCC(=O)OCC1. The maximum atomic E-state index is 11.9. The molecule has 0 aromatic carbocycles. The van der Waals surface area contributed by atoms with E-state index >= 15 is 0 Å². The van der Waals surface area contributed by atoms with Gasteiger partial charge in [-0.2, -0.15) is 0 Å². The fourth-order valence-electron chi connectivity index (χ4n) is 4.83. The molecule has 5 heteroatoms. The first-order chi connectivity index (χ1) is 17.2. The minimum absolute atomic E-state index is 0.0737. The molecule has 0 saturated carbocycles. The highest BCUT2D eigenvalue weighted by Gasteiger charge is 2.10. The third-order valence-corrected chi connectivity index (χ3v) is 7.18. The predicted octanol–water partition coefficient (Wildman–Crippen LogP) is 7.99. The van der Waals surface area contributed by atoms with E-state index in [9.17, 15) is 9.59 Å². The summed E-state index contributed by atoms with van der Waals surface area (Å²) < 4.78 is 10.9. The van der Waals surface area contributed by atoms with E-state index in [1.54, 1.807) is 0 Å². The summed E-state index contributed by atoms with van der Waals surface area (Å²) in [5.41, 5.74) is 0. The molecule has 1 aliphatic heterocycles. The molecule has 0 radical (unpaired) electrons. The largest absolute Gasteiger partial charge is 0.464 e. The van der Waals surface area contributed by atoms with E-state index in [0.717, 1.165) is 58.2 Å². The lowest BCUT2D eigenvalue weighted by atomic mass is 10.0. The molecule has 0 aliphatic carbocycles. The molecule has 0 spiro atoms. The van der Waals surface area contributed by atoms with Crippen molar-refractivity contribution in [2.75, 3.05) is 32.8 Å². The smallest absolute Gasteiger partial charge is 0.305 e. The van der Waals surface area contributed by atoms with Gasteiger partial charge in [-0.3, -0.25) is 14.5 Å². The normalized spacial score (nSPS) is 17.7. The van der Waals surface area contributed by atoms with Crippen LogP contribution in [0.2, 0.25) is 0 Å². The Morgan fingerprint density at radius 3 is 1.34 bits per heavy atom. The van der Waals surface area contributed by atoms with E-state index in [1.807, 2.05) is 0 Å². The predicted molar refractivity (Wildman–Crippen MR) is 146 cm³/mol. The Hall–Kier alpha value is -1.10. The van der Waals surface area contributed by atoms with Gasteiger partial charge in [-0.25, -0.2) is 0 Å². The highest BCUT2D eigenvalue weighted by atomic mass is 16.5. The number of carbonyl (C=O) groups is 2. The van der Waals surface area contributed by atoms with Crippen LogP contribution in [0.1, 0.15) is 148 Å². The van der Waals surface area contributed by atoms with Gasteiger partial charge in [0.2, 0.25) is 0 Å². The number of hydrogen-bond donors (Lipinski definition) is 0. The van der Waals surface area contributed by atoms with Crippen molar-refractivity contribution < 1.29 is 19.1 Å². The van der Waals surface area contributed by atoms with Gasteiger partial charge < -0.3 is 9.47 Å². The van der Waals surface area contributed by atoms with E-state index in [-0.39, 0.29) is 11.9 Å². The summed E-state index contributed by atoms with van der Waals surface area (Å²) in [5, 5.41) is 0. The Labute approximate surface area is 217 Å². The van der Waals surface area contributed by atoms with Crippen molar-refractivity contribution in [3.8, 4) is 0 Å². The van der Waals surface area contributed by atoms with Crippen LogP contribution in [0.3, 0.4) is 0 Å². The molecule has 35 heavy (non-hydrogen) atoms. The van der Waals surface area contributed by atoms with Crippen molar-refractivity contribution in [3.63, 3.8) is 0 Å². The fraction of sp³-hybridized carbons (Fsp3) is 0.933. The Morgan fingerprint density at radius 1 is 0.543 bits per heavy atom. The first-order valence-corrected chi connectivity index (χ1v) is 15.3. The van der Waals surface area contributed by atoms with Gasteiger partial charge in [0, 0.05) is 25.9 Å². The molecule has 0 aromatic heterocycles. The zero-order valence-electron chi connectivity index (χ0n) is 23.2. The molecule has 1 fully saturated rings. The van der Waals surface area contributed by atoms with Crippen LogP contribution in [0.25, 0.3) is 0 Å². The minimum atomic E-state index is -0.0737. The Balaban J connectivity index is 2.07. The van der Waals surface area contributed by atoms with Crippen molar-refractivity contribution in [3.05, 3.63) is 0 Å². The summed E-state index contributed by atoms with van der Waals surface area (Å²) in [4.78, 5) is 26.1. The number of hydrogen-bond acceptors (Lipinski definition) is 5. The Bertz CT molecular complexity index is 471. The molecule has 0 aromatic rings. The highest BCUT2D eigenvalue weighted by molar-refractivity contribution is 5.69. The molecule has 0 amide bonds. The van der Waals surface area contributed by atoms with E-state index in [0.29, 0.717) is 26.1 Å². The maximum Gasteiger partial charge on any atom is 0.305 e. The second-order valence-corrected chi connectivity index (χ2v) is 10.5. The van der Waals surface area contributed by atoms with Crippen molar-refractivity contribution in [1.82, 2.24) is 4.90 Å². The number of carbonyl (C=O) groups excluding carboxylic acids is 2. The average molecular weight is 496 g/mol. The van der Waals surface area contributed by atoms with Crippen LogP contribution in [-0.2, 0) is 19.1 Å². The number of nitrogens with zero attached hydrogens (tertiary/aromatic N) is 1. The van der Waals surface area contributed by atoms with Crippen LogP contribution in [0.5, 0.6) is 0 Å². The number of esters is 2. The third-order valence-electron chi connectivity index (χ3n) is 7.18. The Kier molecular flexibility index (Phi) is 22.4. The van der Waals surface area contributed by atoms with Gasteiger partial charge in [-0.05, 0) is 25.8 Å². The van der Waals surface area contributed by atoms with Gasteiger partial charge in [0.15, 0.2) is 0 Å². The lowest BCUT2D eigenvalue weighted by molar-refractivity contribution is -0.144. The molecule has 0 atom stereocenters. The molecule has 0 N–H and O–H groups in total. The van der Waals surface area contributed by atoms with Gasteiger partial charge in [-0.1, -0.05) is 116 Å². The van der Waals surface area contributed by atoms with Crippen LogP contribution in [0, 0.1) is 0 Å². The quantitative estimate of drug-likeness (QED) is 0.160. The molecule has 1 rings (SSSR count). The van der Waals surface area contributed by atoms with Crippen LogP contribution in [-0.4, -0.2) is 49.7 Å². The van der Waals surface area contributed by atoms with Crippen molar-refractivity contribution >= 4 is 11.9 Å². The highest BCUT2D eigenvalue weighted by Crippen LogP contribution is 2.14. The summed E-state index contributed by atoms with van der Waals surface area (Å²) in [5.74, 6) is -0.147. The zero-order chi connectivity index (χ0) is 25.2. The number of ether oxygens (including phenoxy) is 2. The van der Waals surface area contributed by atoms with E-state index < -0.39 is 0 Å². The van der Waals surface area contributed by atoms with Crippen LogP contribution >= 0.6 is 0 Å². The molecule has 0 unspecified atom stereocenters. The topological polar surface area (TPSA) is 55.8 Å². The summed E-state index contributed by atoms with van der Waals surface area (Å²) in [6.07, 6.45) is 26.4. The summed E-state index contributed by atoms with van der Waals surface area (Å²) in [6.45, 7) is 5.58. The lowest BCUT2D eigenvalue weighted by Crippen LogP contribution is -2.33. The van der Waals surface area contributed by atoms with Crippen molar-refractivity contribution in [2.45, 2.75) is 148 Å². The fourth-order valence-corrected chi connectivity index (χ4v) is 4.83. The van der Waals surface area contributed by atoms with Gasteiger partial charge in [0.25, 0.3) is 0 Å².